The van der Waals surface area contributed by atoms with E-state index in [1.807, 2.05) is 12.5 Å². The Kier molecular flexibility index (Phi) is 8.26. The fourth-order valence-electron chi connectivity index (χ4n) is 11.8. The van der Waals surface area contributed by atoms with Crippen molar-refractivity contribution in [1.82, 2.24) is 4.98 Å². The first-order valence-electron chi connectivity index (χ1n) is 17.0. The van der Waals surface area contributed by atoms with Gasteiger partial charge in [-0.1, -0.05) is 60.1 Å². The highest BCUT2D eigenvalue weighted by Gasteiger charge is 2.71. The number of nitrogens with two attached hydrogens (primary N) is 1. The normalized spacial score (nSPS) is 45.6. The maximum atomic E-state index is 13.3. The van der Waals surface area contributed by atoms with Crippen molar-refractivity contribution in [2.45, 2.75) is 112 Å². The molecule has 0 amide bonds. The summed E-state index contributed by atoms with van der Waals surface area (Å²) in [7, 11) is 1.83. The first kappa shape index (κ1) is 32.6. The molecule has 11 atom stereocenters. The third kappa shape index (κ3) is 4.40. The lowest BCUT2D eigenvalue weighted by atomic mass is 9.34. The summed E-state index contributed by atoms with van der Waals surface area (Å²) in [6.45, 7) is 18.5. The van der Waals surface area contributed by atoms with Gasteiger partial charge < -0.3 is 25.1 Å². The first-order chi connectivity index (χ1) is 20.7. The van der Waals surface area contributed by atoms with Gasteiger partial charge >= 0.3 is 5.97 Å². The van der Waals surface area contributed by atoms with Crippen molar-refractivity contribution in [3.63, 3.8) is 0 Å². The van der Waals surface area contributed by atoms with Crippen LogP contribution in [0.25, 0.3) is 0 Å². The lowest BCUT2D eigenvalue weighted by molar-refractivity contribution is -0.269. The predicted octanol–water partition coefficient (Wildman–Crippen LogP) is 7.09. The standard InChI is InChI=1S/C36H56N2O5S/c1-21(2)22(3)32(4)13-14-34(6)24-9-10-27-33(5)19-42-20-36(27,25(24)11-12-35(34,7)29(32)31(39)40)15-26(41-8)30(33)43-17-23-18-44-28(16-37)38-23/h11,18,21-22,24,26-27,29-30H,9-10,12-17,19-20,37H2,1-8H3,(H,39,40)/t22-,24+,26-,27?,29-,30+,32-,33+,34-,35+,36+/m1/s1. The van der Waals surface area contributed by atoms with Crippen molar-refractivity contribution in [3.05, 3.63) is 27.7 Å². The molecule has 0 radical (unpaired) electrons. The lowest BCUT2D eigenvalue weighted by Gasteiger charge is -2.71. The molecule has 1 aromatic rings. The van der Waals surface area contributed by atoms with Crippen LogP contribution in [0.1, 0.15) is 97.7 Å². The van der Waals surface area contributed by atoms with E-state index in [-0.39, 0.29) is 45.2 Å². The maximum absolute atomic E-state index is 13.3. The Morgan fingerprint density at radius 3 is 2.55 bits per heavy atom. The molecule has 44 heavy (non-hydrogen) atoms. The quantitative estimate of drug-likeness (QED) is 0.296. The second-order valence-electron chi connectivity index (χ2n) is 16.5. The fraction of sp³-hybridized carbons (Fsp3) is 0.833. The molecule has 8 heteroatoms. The molecule has 4 fully saturated rings. The molecule has 5 aliphatic rings. The van der Waals surface area contributed by atoms with E-state index in [1.54, 1.807) is 11.3 Å². The van der Waals surface area contributed by atoms with Crippen LogP contribution in [0.3, 0.4) is 0 Å². The minimum atomic E-state index is -0.610. The predicted molar refractivity (Wildman–Crippen MR) is 173 cm³/mol. The number of thiazole rings is 1. The number of aliphatic carboxylic acids is 1. The second kappa shape index (κ2) is 11.1. The van der Waals surface area contributed by atoms with Crippen LogP contribution < -0.4 is 5.73 Å². The topological polar surface area (TPSA) is 104 Å². The van der Waals surface area contributed by atoms with Gasteiger partial charge in [0.2, 0.25) is 0 Å². The zero-order chi connectivity index (χ0) is 31.9. The number of carboxylic acids is 1. The molecule has 7 nitrogen and oxygen atoms in total. The van der Waals surface area contributed by atoms with Crippen LogP contribution >= 0.6 is 11.3 Å². The molecule has 3 saturated carbocycles. The molecular formula is C36H56N2O5S. The maximum Gasteiger partial charge on any atom is 0.307 e. The van der Waals surface area contributed by atoms with Crippen molar-refractivity contribution in [2.24, 2.45) is 62.4 Å². The van der Waals surface area contributed by atoms with Gasteiger partial charge in [0.15, 0.2) is 0 Å². The largest absolute Gasteiger partial charge is 0.481 e. The number of aromatic nitrogens is 1. The number of allylic oxidation sites excluding steroid dienone is 1. The van der Waals surface area contributed by atoms with E-state index in [1.165, 1.54) is 5.57 Å². The van der Waals surface area contributed by atoms with E-state index >= 15 is 0 Å². The third-order valence-corrected chi connectivity index (χ3v) is 15.5. The van der Waals surface area contributed by atoms with Gasteiger partial charge in [-0.3, -0.25) is 4.79 Å². The van der Waals surface area contributed by atoms with Crippen molar-refractivity contribution in [2.75, 3.05) is 20.3 Å². The van der Waals surface area contributed by atoms with Gasteiger partial charge in [-0.25, -0.2) is 4.98 Å². The Hall–Kier alpha value is -1.32. The van der Waals surface area contributed by atoms with E-state index < -0.39 is 5.97 Å². The number of carbonyl (C=O) groups is 1. The van der Waals surface area contributed by atoms with Gasteiger partial charge in [-0.2, -0.15) is 0 Å². The first-order valence-corrected chi connectivity index (χ1v) is 17.9. The molecule has 1 unspecified atom stereocenters. The zero-order valence-corrected chi connectivity index (χ0v) is 29.1. The summed E-state index contributed by atoms with van der Waals surface area (Å²) in [5.41, 5.74) is 7.33. The molecular weight excluding hydrogens is 572 g/mol. The zero-order valence-electron chi connectivity index (χ0n) is 28.3. The molecule has 4 aliphatic carbocycles. The van der Waals surface area contributed by atoms with Crippen molar-refractivity contribution >= 4 is 17.3 Å². The minimum Gasteiger partial charge on any atom is -0.481 e. The van der Waals surface area contributed by atoms with Crippen LogP contribution in [0, 0.1) is 56.7 Å². The van der Waals surface area contributed by atoms with Gasteiger partial charge in [0.1, 0.15) is 5.01 Å². The summed E-state index contributed by atoms with van der Waals surface area (Å²) in [4.78, 5) is 18.0. The number of rotatable bonds is 8. The van der Waals surface area contributed by atoms with Crippen LogP contribution in [0.5, 0.6) is 0 Å². The van der Waals surface area contributed by atoms with E-state index in [4.69, 9.17) is 19.9 Å². The Bertz CT molecular complexity index is 1300. The van der Waals surface area contributed by atoms with Gasteiger partial charge in [-0.05, 0) is 78.4 Å². The summed E-state index contributed by atoms with van der Waals surface area (Å²) >= 11 is 1.59. The smallest absolute Gasteiger partial charge is 0.307 e. The van der Waals surface area contributed by atoms with Gasteiger partial charge in [0.25, 0.3) is 0 Å². The number of carboxylic acid groups (broad SMARTS) is 1. The van der Waals surface area contributed by atoms with Crippen LogP contribution in [0.2, 0.25) is 0 Å². The Morgan fingerprint density at radius 2 is 1.91 bits per heavy atom. The molecule has 2 bridgehead atoms. The van der Waals surface area contributed by atoms with Gasteiger partial charge in [-0.15, -0.1) is 11.3 Å². The summed E-state index contributed by atoms with van der Waals surface area (Å²) in [5.74, 6) is 0.563. The molecule has 1 saturated heterocycles. The number of fused-ring (bicyclic) bond motifs is 3. The second-order valence-corrected chi connectivity index (χ2v) is 17.4. The Balaban J connectivity index is 1.36. The molecule has 3 N–H and O–H groups in total. The number of hydrogen-bond donors (Lipinski definition) is 2. The monoisotopic (exact) mass is 628 g/mol. The molecule has 246 valence electrons. The van der Waals surface area contributed by atoms with Gasteiger partial charge in [0.05, 0.1) is 43.6 Å². The third-order valence-electron chi connectivity index (χ3n) is 14.6. The Morgan fingerprint density at radius 1 is 1.16 bits per heavy atom. The SMILES string of the molecule is CO[C@@H]1C[C@@]23COC[C@@](C)(C2CC[C@H]2C3=CC[C@@]3(C)[C@H](C(=O)O)[C@@](C)([C@H](C)C(C)C)CC[C@]23C)[C@H]1OCc1csc(CN)n1. The number of ether oxygens (including phenoxy) is 3. The van der Waals surface area contributed by atoms with Gasteiger partial charge in [0, 0.05) is 29.9 Å². The lowest BCUT2D eigenvalue weighted by Crippen LogP contribution is -2.70. The minimum absolute atomic E-state index is 0.0539. The van der Waals surface area contributed by atoms with Crippen molar-refractivity contribution in [1.29, 1.82) is 0 Å². The molecule has 1 aliphatic heterocycles. The number of nitrogens with zero attached hydrogens (tertiary/aromatic N) is 1. The molecule has 1 aromatic heterocycles. The molecule has 6 rings (SSSR count). The number of hydrogen-bond acceptors (Lipinski definition) is 7. The van der Waals surface area contributed by atoms with Crippen molar-refractivity contribution < 1.29 is 24.1 Å². The highest BCUT2D eigenvalue weighted by molar-refractivity contribution is 7.09. The fourth-order valence-corrected chi connectivity index (χ4v) is 12.4. The summed E-state index contributed by atoms with van der Waals surface area (Å²) in [5, 5.41) is 13.9. The van der Waals surface area contributed by atoms with E-state index in [9.17, 15) is 9.90 Å². The number of methoxy groups -OCH3 is 1. The Labute approximate surface area is 268 Å². The molecule has 0 spiro atoms. The summed E-state index contributed by atoms with van der Waals surface area (Å²) in [6.07, 6.45) is 8.27. The van der Waals surface area contributed by atoms with E-state index in [2.05, 4.69) is 59.5 Å². The van der Waals surface area contributed by atoms with Crippen LogP contribution in [-0.2, 0) is 32.2 Å². The average molecular weight is 629 g/mol. The van der Waals surface area contributed by atoms with Crippen molar-refractivity contribution in [3.8, 4) is 0 Å². The average Bonchev–Trinajstić information content (AvgIpc) is 3.44. The molecule has 2 heterocycles. The van der Waals surface area contributed by atoms with Crippen LogP contribution in [0.15, 0.2) is 17.0 Å². The van der Waals surface area contributed by atoms with Crippen LogP contribution in [-0.4, -0.2) is 48.6 Å². The van der Waals surface area contributed by atoms with E-state index in [0.717, 1.165) is 49.2 Å². The summed E-state index contributed by atoms with van der Waals surface area (Å²) < 4.78 is 19.6. The van der Waals surface area contributed by atoms with Crippen LogP contribution in [0.4, 0.5) is 0 Å². The summed E-state index contributed by atoms with van der Waals surface area (Å²) in [6, 6.07) is 0. The van der Waals surface area contributed by atoms with E-state index in [0.29, 0.717) is 50.0 Å². The highest BCUT2D eigenvalue weighted by Crippen LogP contribution is 2.75. The molecule has 0 aromatic carbocycles. The highest BCUT2D eigenvalue weighted by atomic mass is 32.1.